The van der Waals surface area contributed by atoms with Crippen LogP contribution in [0.4, 0.5) is 5.69 Å². The topological polar surface area (TPSA) is 89.3 Å². The fraction of sp³-hybridized carbons (Fsp3) is 0.192. The van der Waals surface area contributed by atoms with Gasteiger partial charge in [0.1, 0.15) is 11.5 Å². The summed E-state index contributed by atoms with van der Waals surface area (Å²) in [6.45, 7) is 9.83. The lowest BCUT2D eigenvalue weighted by Crippen LogP contribution is -2.27. The molecule has 0 fully saturated rings. The van der Waals surface area contributed by atoms with Crippen molar-refractivity contribution in [1.29, 1.82) is 0 Å². The first-order chi connectivity index (χ1) is 16.7. The Balaban J connectivity index is 1.78. The van der Waals surface area contributed by atoms with Crippen molar-refractivity contribution in [2.75, 3.05) is 5.32 Å². The molecule has 1 amide bonds. The van der Waals surface area contributed by atoms with Crippen LogP contribution in [0, 0.1) is 6.92 Å². The SMILES string of the molecule is C=C(C)S/C(=C\CCC)NC(=S)Nc1ccc(Oc2ccnc3cc(C)c(C(N)=O)cc23)cc1Cl. The number of aromatic nitrogens is 1. The van der Waals surface area contributed by atoms with Crippen molar-refractivity contribution in [3.05, 3.63) is 81.3 Å². The van der Waals surface area contributed by atoms with Crippen molar-refractivity contribution < 1.29 is 9.53 Å². The number of carbonyl (C=O) groups is 1. The Morgan fingerprint density at radius 2 is 2.09 bits per heavy atom. The van der Waals surface area contributed by atoms with Gasteiger partial charge in [0, 0.05) is 23.2 Å². The lowest BCUT2D eigenvalue weighted by atomic mass is 10.0. The Hall–Kier alpha value is -3.07. The van der Waals surface area contributed by atoms with Gasteiger partial charge in [-0.25, -0.2) is 0 Å². The number of aryl methyl sites for hydroxylation is 1. The summed E-state index contributed by atoms with van der Waals surface area (Å²) in [6, 6.07) is 10.5. The summed E-state index contributed by atoms with van der Waals surface area (Å²) in [7, 11) is 0. The molecular formula is C26H27ClN4O2S2. The number of nitrogens with one attached hydrogen (secondary N) is 2. The fourth-order valence-corrected chi connectivity index (χ4v) is 4.49. The minimum Gasteiger partial charge on any atom is -0.457 e. The molecule has 0 saturated carbocycles. The molecule has 0 aliphatic carbocycles. The van der Waals surface area contributed by atoms with Crippen LogP contribution < -0.4 is 21.1 Å². The van der Waals surface area contributed by atoms with Crippen LogP contribution in [0.5, 0.6) is 11.5 Å². The summed E-state index contributed by atoms with van der Waals surface area (Å²) in [5.74, 6) is 0.556. The number of anilines is 1. The van der Waals surface area contributed by atoms with Crippen LogP contribution in [0.15, 0.2) is 65.2 Å². The molecule has 6 nitrogen and oxygen atoms in total. The number of rotatable bonds is 9. The quantitative estimate of drug-likeness (QED) is 0.252. The van der Waals surface area contributed by atoms with Gasteiger partial charge in [-0.1, -0.05) is 49.4 Å². The maximum Gasteiger partial charge on any atom is 0.248 e. The van der Waals surface area contributed by atoms with Crippen molar-refractivity contribution in [2.24, 2.45) is 5.73 Å². The first-order valence-corrected chi connectivity index (χ1v) is 12.6. The van der Waals surface area contributed by atoms with Crippen molar-refractivity contribution in [1.82, 2.24) is 10.3 Å². The molecule has 0 saturated heterocycles. The van der Waals surface area contributed by atoms with E-state index in [1.807, 2.05) is 19.9 Å². The van der Waals surface area contributed by atoms with Gasteiger partial charge >= 0.3 is 0 Å². The maximum atomic E-state index is 11.8. The number of fused-ring (bicyclic) bond motifs is 1. The fourth-order valence-electron chi connectivity index (χ4n) is 3.26. The number of unbranched alkanes of at least 4 members (excludes halogenated alkanes) is 1. The lowest BCUT2D eigenvalue weighted by molar-refractivity contribution is 0.1000. The van der Waals surface area contributed by atoms with Gasteiger partial charge in [-0.05, 0) is 73.3 Å². The molecule has 3 aromatic rings. The highest BCUT2D eigenvalue weighted by Gasteiger charge is 2.13. The Morgan fingerprint density at radius 1 is 1.31 bits per heavy atom. The lowest BCUT2D eigenvalue weighted by Gasteiger charge is -2.15. The molecule has 0 atom stereocenters. The Morgan fingerprint density at radius 3 is 2.74 bits per heavy atom. The van der Waals surface area contributed by atoms with Gasteiger partial charge in [0.2, 0.25) is 5.91 Å². The molecule has 0 aliphatic rings. The van der Waals surface area contributed by atoms with Crippen LogP contribution >= 0.6 is 35.6 Å². The summed E-state index contributed by atoms with van der Waals surface area (Å²) in [5, 5.41) is 8.78. The zero-order chi connectivity index (χ0) is 25.5. The summed E-state index contributed by atoms with van der Waals surface area (Å²) >= 11 is 13.5. The third-order valence-electron chi connectivity index (χ3n) is 4.87. The van der Waals surface area contributed by atoms with Gasteiger partial charge in [0.05, 0.1) is 21.3 Å². The molecule has 182 valence electrons. The molecule has 2 aromatic carbocycles. The first-order valence-electron chi connectivity index (χ1n) is 11.0. The van der Waals surface area contributed by atoms with Crippen molar-refractivity contribution in [2.45, 2.75) is 33.6 Å². The predicted octanol–water partition coefficient (Wildman–Crippen LogP) is 7.28. The number of thiocarbonyl (C=S) groups is 1. The van der Waals surface area contributed by atoms with E-state index >= 15 is 0 Å². The van der Waals surface area contributed by atoms with E-state index in [0.717, 1.165) is 28.3 Å². The highest BCUT2D eigenvalue weighted by molar-refractivity contribution is 8.06. The number of carbonyl (C=O) groups excluding carboxylic acids is 1. The van der Waals surface area contributed by atoms with E-state index in [4.69, 9.17) is 34.3 Å². The van der Waals surface area contributed by atoms with E-state index in [0.29, 0.717) is 43.8 Å². The molecule has 1 heterocycles. The Labute approximate surface area is 220 Å². The average molecular weight is 527 g/mol. The summed E-state index contributed by atoms with van der Waals surface area (Å²) in [5.41, 5.74) is 8.03. The minimum atomic E-state index is -0.503. The number of ether oxygens (including phenoxy) is 1. The molecule has 3 rings (SSSR count). The van der Waals surface area contributed by atoms with Crippen molar-refractivity contribution in [3.8, 4) is 11.5 Å². The van der Waals surface area contributed by atoms with Crippen molar-refractivity contribution in [3.63, 3.8) is 0 Å². The molecule has 0 unspecified atom stereocenters. The van der Waals surface area contributed by atoms with Gasteiger partial charge in [-0.15, -0.1) is 0 Å². The molecular weight excluding hydrogens is 500 g/mol. The second-order valence-corrected chi connectivity index (χ2v) is 10.00. The Kier molecular flexibility index (Phi) is 9.14. The van der Waals surface area contributed by atoms with E-state index in [-0.39, 0.29) is 0 Å². The minimum absolute atomic E-state index is 0.422. The molecule has 9 heteroatoms. The third-order valence-corrected chi connectivity index (χ3v) is 6.22. The van der Waals surface area contributed by atoms with E-state index in [1.54, 1.807) is 36.5 Å². The number of nitrogens with zero attached hydrogens (tertiary/aromatic N) is 1. The Bertz CT molecular complexity index is 1320. The summed E-state index contributed by atoms with van der Waals surface area (Å²) in [6.07, 6.45) is 5.71. The number of pyridine rings is 1. The average Bonchev–Trinajstić information content (AvgIpc) is 2.78. The number of halogens is 1. The highest BCUT2D eigenvalue weighted by atomic mass is 35.5. The monoisotopic (exact) mass is 526 g/mol. The summed E-state index contributed by atoms with van der Waals surface area (Å²) in [4.78, 5) is 17.1. The number of amides is 1. The number of hydrogen-bond acceptors (Lipinski definition) is 5. The molecule has 0 aliphatic heterocycles. The molecule has 0 spiro atoms. The third kappa shape index (κ3) is 7.21. The predicted molar refractivity (Wildman–Crippen MR) is 151 cm³/mol. The van der Waals surface area contributed by atoms with Gasteiger partial charge < -0.3 is 21.1 Å². The van der Waals surface area contributed by atoms with Gasteiger partial charge in [-0.2, -0.15) is 0 Å². The normalized spacial score (nSPS) is 11.3. The standard InChI is InChI=1S/C26H27ClN4O2S2/c1-5-6-7-24(35-15(2)3)31-26(34)30-21-9-8-17(13-20(21)27)33-23-10-11-29-22-12-16(4)18(25(28)32)14-19(22)23/h7-14H,2,5-6H2,1,3-4H3,(H2,28,32)(H2,30,31,34)/b24-7-. The first kappa shape index (κ1) is 26.5. The van der Waals surface area contributed by atoms with Crippen LogP contribution in [0.2, 0.25) is 5.02 Å². The molecule has 4 N–H and O–H groups in total. The van der Waals surface area contributed by atoms with E-state index in [1.165, 1.54) is 11.8 Å². The molecule has 35 heavy (non-hydrogen) atoms. The number of allylic oxidation sites excluding steroid dienone is 2. The van der Waals surface area contributed by atoms with Gasteiger partial charge in [0.15, 0.2) is 5.11 Å². The largest absolute Gasteiger partial charge is 0.457 e. The number of nitrogens with two attached hydrogens (primary N) is 1. The molecule has 0 bridgehead atoms. The van der Waals surface area contributed by atoms with Crippen molar-refractivity contribution >= 4 is 63.2 Å². The van der Waals surface area contributed by atoms with Crippen LogP contribution in [0.1, 0.15) is 42.6 Å². The van der Waals surface area contributed by atoms with E-state index in [9.17, 15) is 4.79 Å². The molecule has 1 aromatic heterocycles. The number of primary amides is 1. The van der Waals surface area contributed by atoms with Crippen LogP contribution in [0.3, 0.4) is 0 Å². The van der Waals surface area contributed by atoms with Gasteiger partial charge in [0.25, 0.3) is 0 Å². The number of thioether (sulfide) groups is 1. The summed E-state index contributed by atoms with van der Waals surface area (Å²) < 4.78 is 6.08. The molecule has 0 radical (unpaired) electrons. The zero-order valence-corrected chi connectivity index (χ0v) is 22.2. The second-order valence-electron chi connectivity index (χ2n) is 7.84. The van der Waals surface area contributed by atoms with Gasteiger partial charge in [-0.3, -0.25) is 9.78 Å². The highest BCUT2D eigenvalue weighted by Crippen LogP contribution is 2.34. The number of hydrogen-bond donors (Lipinski definition) is 3. The van der Waals surface area contributed by atoms with Crippen LogP contribution in [-0.2, 0) is 0 Å². The number of benzene rings is 2. The zero-order valence-electron chi connectivity index (χ0n) is 19.8. The van der Waals surface area contributed by atoms with Crippen LogP contribution in [-0.4, -0.2) is 16.0 Å². The van der Waals surface area contributed by atoms with Crippen LogP contribution in [0.25, 0.3) is 10.9 Å². The van der Waals surface area contributed by atoms with E-state index < -0.39 is 5.91 Å². The van der Waals surface area contributed by atoms with E-state index in [2.05, 4.69) is 35.2 Å². The second kappa shape index (κ2) is 12.1. The smallest absolute Gasteiger partial charge is 0.248 e. The maximum absolute atomic E-state index is 11.8.